The van der Waals surface area contributed by atoms with Gasteiger partial charge in [0.25, 0.3) is 0 Å². The molecular formula is C15H15N3O4. The number of nitriles is 1. The Kier molecular flexibility index (Phi) is 5.96. The van der Waals surface area contributed by atoms with Crippen molar-refractivity contribution in [1.82, 2.24) is 0 Å². The van der Waals surface area contributed by atoms with E-state index in [1.165, 1.54) is 26.0 Å². The molecule has 0 fully saturated rings. The second kappa shape index (κ2) is 7.69. The molecule has 7 heteroatoms. The van der Waals surface area contributed by atoms with Gasteiger partial charge in [0.05, 0.1) is 11.6 Å². The molecule has 0 aliphatic rings. The van der Waals surface area contributed by atoms with Gasteiger partial charge in [-0.05, 0) is 25.1 Å². The molecule has 0 aromatic heterocycles. The number of anilines is 1. The minimum atomic E-state index is -1.21. The first-order chi connectivity index (χ1) is 10.3. The van der Waals surface area contributed by atoms with Crippen molar-refractivity contribution in [2.45, 2.75) is 13.8 Å². The number of rotatable bonds is 6. The number of Topliss-reactive ketones (excluding diaryl/α,β-unsaturated/α-hetero) is 1. The van der Waals surface area contributed by atoms with E-state index in [9.17, 15) is 14.4 Å². The van der Waals surface area contributed by atoms with Crippen molar-refractivity contribution < 1.29 is 19.1 Å². The lowest BCUT2D eigenvalue weighted by molar-refractivity contribution is -0.122. The van der Waals surface area contributed by atoms with Crippen molar-refractivity contribution in [3.8, 4) is 6.07 Å². The maximum absolute atomic E-state index is 11.8. The molecule has 1 unspecified atom stereocenters. The van der Waals surface area contributed by atoms with Crippen LogP contribution in [0.2, 0.25) is 0 Å². The predicted molar refractivity (Wildman–Crippen MR) is 78.5 cm³/mol. The van der Waals surface area contributed by atoms with Crippen LogP contribution in [0.1, 0.15) is 24.2 Å². The summed E-state index contributed by atoms with van der Waals surface area (Å²) < 4.78 is 4.83. The van der Waals surface area contributed by atoms with Crippen molar-refractivity contribution in [2.75, 3.05) is 11.9 Å². The molecule has 1 aromatic rings. The Morgan fingerprint density at radius 1 is 1.36 bits per heavy atom. The molecule has 1 atom stereocenters. The zero-order valence-corrected chi connectivity index (χ0v) is 12.2. The third-order valence-electron chi connectivity index (χ3n) is 2.65. The summed E-state index contributed by atoms with van der Waals surface area (Å²) in [4.78, 5) is 34.5. The quantitative estimate of drug-likeness (QED) is 0.610. The van der Waals surface area contributed by atoms with Crippen LogP contribution in [0.4, 0.5) is 5.69 Å². The summed E-state index contributed by atoms with van der Waals surface area (Å²) in [5.41, 5.74) is 0.494. The smallest absolute Gasteiger partial charge is 0.338 e. The Morgan fingerprint density at radius 2 is 2.05 bits per heavy atom. The van der Waals surface area contributed by atoms with Gasteiger partial charge >= 0.3 is 5.97 Å². The lowest BCUT2D eigenvalue weighted by Crippen LogP contribution is -2.25. The molecule has 0 aliphatic carbocycles. The number of hydrogen-bond donors (Lipinski definition) is 2. The summed E-state index contributed by atoms with van der Waals surface area (Å²) in [6, 6.07) is 7.73. The molecule has 0 saturated heterocycles. The average Bonchev–Trinajstić information content (AvgIpc) is 2.44. The van der Waals surface area contributed by atoms with Crippen molar-refractivity contribution in [3.05, 3.63) is 29.8 Å². The minimum Gasteiger partial charge on any atom is -0.454 e. The maximum Gasteiger partial charge on any atom is 0.338 e. The summed E-state index contributed by atoms with van der Waals surface area (Å²) >= 11 is 0. The van der Waals surface area contributed by atoms with Gasteiger partial charge in [0, 0.05) is 18.3 Å². The molecule has 0 radical (unpaired) electrons. The van der Waals surface area contributed by atoms with Crippen LogP contribution in [-0.4, -0.2) is 30.0 Å². The largest absolute Gasteiger partial charge is 0.454 e. The Hall–Kier alpha value is -3.01. The van der Waals surface area contributed by atoms with Gasteiger partial charge in [-0.3, -0.25) is 9.59 Å². The highest BCUT2D eigenvalue weighted by Gasteiger charge is 2.21. The fourth-order valence-corrected chi connectivity index (χ4v) is 1.64. The van der Waals surface area contributed by atoms with Crippen molar-refractivity contribution in [2.24, 2.45) is 5.92 Å². The molecule has 1 aromatic carbocycles. The Bertz CT molecular complexity index is 661. The molecule has 0 heterocycles. The zero-order valence-electron chi connectivity index (χ0n) is 12.2. The lowest BCUT2D eigenvalue weighted by Gasteiger charge is -2.08. The van der Waals surface area contributed by atoms with Crippen LogP contribution in [0.3, 0.4) is 0 Å². The number of carbonyl (C=O) groups excluding carboxylic acids is 3. The minimum absolute atomic E-state index is 0.101. The van der Waals surface area contributed by atoms with Crippen LogP contribution in [-0.2, 0) is 14.3 Å². The molecule has 2 N–H and O–H groups in total. The predicted octanol–water partition coefficient (Wildman–Crippen LogP) is 1.55. The highest BCUT2D eigenvalue weighted by molar-refractivity contribution is 6.06. The second-order valence-electron chi connectivity index (χ2n) is 4.55. The molecule has 0 aliphatic heterocycles. The number of benzene rings is 1. The standard InChI is InChI=1S/C15H15N3O4/c1-9(17)13(7-16)14(20)8-22-15(21)11-4-3-5-12(6-11)18-10(2)19/h3-6,13,17H,8H2,1-2H3,(H,18,19). The maximum atomic E-state index is 11.8. The SMILES string of the molecule is CC(=N)C(C#N)C(=O)COC(=O)c1cccc(NC(C)=O)c1. The van der Waals surface area contributed by atoms with Gasteiger partial charge in [-0.2, -0.15) is 5.26 Å². The highest BCUT2D eigenvalue weighted by Crippen LogP contribution is 2.12. The fourth-order valence-electron chi connectivity index (χ4n) is 1.64. The fraction of sp³-hybridized carbons (Fsp3) is 0.267. The van der Waals surface area contributed by atoms with E-state index in [4.69, 9.17) is 15.4 Å². The molecule has 1 rings (SSSR count). The van der Waals surface area contributed by atoms with Crippen LogP contribution >= 0.6 is 0 Å². The van der Waals surface area contributed by atoms with Gasteiger partial charge in [0.15, 0.2) is 12.4 Å². The number of hydrogen-bond acceptors (Lipinski definition) is 6. The normalized spacial score (nSPS) is 11.0. The van der Waals surface area contributed by atoms with E-state index in [2.05, 4.69) is 5.32 Å². The van der Waals surface area contributed by atoms with Crippen LogP contribution in [0.15, 0.2) is 24.3 Å². The number of nitrogens with one attached hydrogen (secondary N) is 2. The molecule has 0 spiro atoms. The van der Waals surface area contributed by atoms with Crippen LogP contribution in [0.25, 0.3) is 0 Å². The first-order valence-corrected chi connectivity index (χ1v) is 6.37. The number of ketones is 1. The summed E-state index contributed by atoms with van der Waals surface area (Å²) in [6.07, 6.45) is 0. The number of ether oxygens (including phenoxy) is 1. The van der Waals surface area contributed by atoms with E-state index in [-0.39, 0.29) is 17.2 Å². The van der Waals surface area contributed by atoms with Gasteiger partial charge in [-0.25, -0.2) is 4.79 Å². The van der Waals surface area contributed by atoms with E-state index in [0.29, 0.717) is 5.69 Å². The molecule has 7 nitrogen and oxygen atoms in total. The third kappa shape index (κ3) is 4.83. The Morgan fingerprint density at radius 3 is 2.59 bits per heavy atom. The first kappa shape index (κ1) is 17.0. The number of carbonyl (C=O) groups is 3. The van der Waals surface area contributed by atoms with Crippen LogP contribution in [0.5, 0.6) is 0 Å². The van der Waals surface area contributed by atoms with E-state index in [1.807, 2.05) is 0 Å². The van der Waals surface area contributed by atoms with Crippen molar-refractivity contribution >= 4 is 29.1 Å². The molecule has 114 valence electrons. The summed E-state index contributed by atoms with van der Waals surface area (Å²) in [7, 11) is 0. The van der Waals surface area contributed by atoms with E-state index in [0.717, 1.165) is 0 Å². The number of esters is 1. The average molecular weight is 301 g/mol. The molecule has 1 amide bonds. The van der Waals surface area contributed by atoms with Crippen LogP contribution in [0, 0.1) is 22.7 Å². The monoisotopic (exact) mass is 301 g/mol. The lowest BCUT2D eigenvalue weighted by atomic mass is 10.0. The van der Waals surface area contributed by atoms with Gasteiger partial charge in [0.2, 0.25) is 5.91 Å². The molecule has 22 heavy (non-hydrogen) atoms. The number of amides is 1. The number of nitrogens with zero attached hydrogens (tertiary/aromatic N) is 1. The molecule has 0 bridgehead atoms. The molecule has 0 saturated carbocycles. The molecular weight excluding hydrogens is 286 g/mol. The van der Waals surface area contributed by atoms with E-state index in [1.54, 1.807) is 18.2 Å². The summed E-state index contributed by atoms with van der Waals surface area (Å²) in [6.45, 7) is 2.09. The van der Waals surface area contributed by atoms with E-state index < -0.39 is 24.3 Å². The van der Waals surface area contributed by atoms with Crippen molar-refractivity contribution in [1.29, 1.82) is 10.7 Å². The van der Waals surface area contributed by atoms with Crippen molar-refractivity contribution in [3.63, 3.8) is 0 Å². The summed E-state index contributed by atoms with van der Waals surface area (Å²) in [5.74, 6) is -2.89. The first-order valence-electron chi connectivity index (χ1n) is 6.37. The topological polar surface area (TPSA) is 120 Å². The second-order valence-corrected chi connectivity index (χ2v) is 4.55. The third-order valence-corrected chi connectivity index (χ3v) is 2.65. The van der Waals surface area contributed by atoms with Gasteiger partial charge in [0.1, 0.15) is 5.92 Å². The Labute approximate surface area is 127 Å². The van der Waals surface area contributed by atoms with Crippen LogP contribution < -0.4 is 5.32 Å². The summed E-state index contributed by atoms with van der Waals surface area (Å²) in [5, 5.41) is 18.6. The zero-order chi connectivity index (χ0) is 16.7. The van der Waals surface area contributed by atoms with Gasteiger partial charge in [-0.1, -0.05) is 6.07 Å². The van der Waals surface area contributed by atoms with Gasteiger partial charge < -0.3 is 15.5 Å². The van der Waals surface area contributed by atoms with E-state index >= 15 is 0 Å². The van der Waals surface area contributed by atoms with Gasteiger partial charge in [-0.15, -0.1) is 0 Å². The highest BCUT2D eigenvalue weighted by atomic mass is 16.5. The Balaban J connectivity index is 2.70.